The molecule has 2 aromatic rings. The van der Waals surface area contributed by atoms with E-state index in [4.69, 9.17) is 0 Å². The molecule has 1 aromatic carbocycles. The molecule has 33 heavy (non-hydrogen) atoms. The van der Waals surface area contributed by atoms with E-state index < -0.39 is 0 Å². The van der Waals surface area contributed by atoms with Crippen LogP contribution in [0.15, 0.2) is 48.7 Å². The van der Waals surface area contributed by atoms with E-state index in [0.29, 0.717) is 19.5 Å². The van der Waals surface area contributed by atoms with Gasteiger partial charge in [0.1, 0.15) is 6.54 Å². The Bertz CT molecular complexity index is 857. The van der Waals surface area contributed by atoms with E-state index in [1.54, 1.807) is 0 Å². The summed E-state index contributed by atoms with van der Waals surface area (Å²) in [6.07, 6.45) is 13.0. The van der Waals surface area contributed by atoms with E-state index in [1.807, 2.05) is 47.3 Å². The Morgan fingerprint density at radius 3 is 2.21 bits per heavy atom. The summed E-state index contributed by atoms with van der Waals surface area (Å²) in [5.74, 6) is 0.179. The normalized spacial score (nSPS) is 13.2. The van der Waals surface area contributed by atoms with E-state index >= 15 is 0 Å². The maximum atomic E-state index is 13.4. The smallest absolute Gasteiger partial charge is 0.242 e. The fraction of sp³-hybridized carbons (Fsp3) is 0.571. The van der Waals surface area contributed by atoms with E-state index in [1.165, 1.54) is 32.1 Å². The molecule has 3 rings (SSSR count). The van der Waals surface area contributed by atoms with Gasteiger partial charge in [0.2, 0.25) is 11.8 Å². The highest BCUT2D eigenvalue weighted by Crippen LogP contribution is 2.28. The maximum Gasteiger partial charge on any atom is 0.242 e. The standard InChI is InChI=1S/C28H41N3O2/c1-3-4-5-6-7-8-12-17-27(32)31(25-18-19-25)23-28(33)30(21-24-14-10-9-11-15-24)22-26-16-13-20-29(26)2/h9-11,13-16,20,25H,3-8,12,17-19,21-23H2,1-2H3. The number of aryl methyl sites for hydroxylation is 1. The molecule has 1 aliphatic rings. The van der Waals surface area contributed by atoms with Crippen LogP contribution in [-0.4, -0.2) is 38.8 Å². The lowest BCUT2D eigenvalue weighted by Gasteiger charge is -2.28. The maximum absolute atomic E-state index is 13.4. The Labute approximate surface area is 199 Å². The molecule has 1 aliphatic carbocycles. The van der Waals surface area contributed by atoms with Gasteiger partial charge in [-0.2, -0.15) is 0 Å². The average Bonchev–Trinajstić information content (AvgIpc) is 3.58. The molecule has 1 fully saturated rings. The van der Waals surface area contributed by atoms with Gasteiger partial charge in [-0.25, -0.2) is 0 Å². The van der Waals surface area contributed by atoms with Crippen molar-refractivity contribution >= 4 is 11.8 Å². The van der Waals surface area contributed by atoms with Gasteiger partial charge in [-0.3, -0.25) is 9.59 Å². The number of hydrogen-bond donors (Lipinski definition) is 0. The van der Waals surface area contributed by atoms with Gasteiger partial charge in [-0.15, -0.1) is 0 Å². The summed E-state index contributed by atoms with van der Waals surface area (Å²) in [6, 6.07) is 14.4. The molecule has 0 N–H and O–H groups in total. The van der Waals surface area contributed by atoms with Crippen LogP contribution in [0.5, 0.6) is 0 Å². The molecule has 1 heterocycles. The van der Waals surface area contributed by atoms with Gasteiger partial charge in [0, 0.05) is 37.9 Å². The van der Waals surface area contributed by atoms with Crippen LogP contribution in [0.4, 0.5) is 0 Å². The monoisotopic (exact) mass is 451 g/mol. The molecule has 0 atom stereocenters. The third-order valence-electron chi connectivity index (χ3n) is 6.58. The van der Waals surface area contributed by atoms with Gasteiger partial charge in [-0.1, -0.05) is 75.8 Å². The van der Waals surface area contributed by atoms with Gasteiger partial charge in [0.25, 0.3) is 0 Å². The number of hydrogen-bond acceptors (Lipinski definition) is 2. The summed E-state index contributed by atoms with van der Waals surface area (Å²) >= 11 is 0. The highest BCUT2D eigenvalue weighted by Gasteiger charge is 2.34. The van der Waals surface area contributed by atoms with Crippen molar-refractivity contribution in [3.8, 4) is 0 Å². The second-order valence-corrected chi connectivity index (χ2v) is 9.47. The zero-order valence-corrected chi connectivity index (χ0v) is 20.5. The minimum atomic E-state index is 0.0277. The highest BCUT2D eigenvalue weighted by molar-refractivity contribution is 5.85. The Kier molecular flexibility index (Phi) is 10.0. The largest absolute Gasteiger partial charge is 0.353 e. The summed E-state index contributed by atoms with van der Waals surface area (Å²) in [5, 5.41) is 0. The van der Waals surface area contributed by atoms with Gasteiger partial charge in [0.15, 0.2) is 0 Å². The summed E-state index contributed by atoms with van der Waals surface area (Å²) < 4.78 is 2.05. The van der Waals surface area contributed by atoms with E-state index in [0.717, 1.165) is 36.9 Å². The van der Waals surface area contributed by atoms with Crippen LogP contribution in [0.2, 0.25) is 0 Å². The topological polar surface area (TPSA) is 45.6 Å². The average molecular weight is 452 g/mol. The summed E-state index contributed by atoms with van der Waals surface area (Å²) in [4.78, 5) is 30.2. The molecule has 0 bridgehead atoms. The molecule has 0 saturated heterocycles. The fourth-order valence-corrected chi connectivity index (χ4v) is 4.32. The number of unbranched alkanes of at least 4 members (excludes halogenated alkanes) is 6. The number of nitrogens with zero attached hydrogens (tertiary/aromatic N) is 3. The molecule has 0 aliphatic heterocycles. The first-order chi connectivity index (χ1) is 16.1. The summed E-state index contributed by atoms with van der Waals surface area (Å²) in [5.41, 5.74) is 2.19. The molecule has 180 valence electrons. The second kappa shape index (κ2) is 13.2. The van der Waals surface area contributed by atoms with Crippen LogP contribution in [-0.2, 0) is 29.7 Å². The first-order valence-electron chi connectivity index (χ1n) is 12.8. The first kappa shape index (κ1) is 25.1. The van der Waals surface area contributed by atoms with Crippen molar-refractivity contribution in [3.05, 3.63) is 59.9 Å². The van der Waals surface area contributed by atoms with Crippen molar-refractivity contribution in [2.24, 2.45) is 7.05 Å². The number of carbonyl (C=O) groups excluding carboxylic acids is 2. The number of aromatic nitrogens is 1. The quantitative estimate of drug-likeness (QED) is 0.327. The molecule has 1 saturated carbocycles. The second-order valence-electron chi connectivity index (χ2n) is 9.47. The van der Waals surface area contributed by atoms with Gasteiger partial charge >= 0.3 is 0 Å². The number of rotatable bonds is 15. The van der Waals surface area contributed by atoms with Gasteiger partial charge in [0.05, 0.1) is 6.54 Å². The van der Waals surface area contributed by atoms with Crippen LogP contribution in [0.3, 0.4) is 0 Å². The van der Waals surface area contributed by atoms with E-state index in [-0.39, 0.29) is 24.4 Å². The van der Waals surface area contributed by atoms with Crippen LogP contribution < -0.4 is 0 Å². The number of benzene rings is 1. The molecule has 0 unspecified atom stereocenters. The van der Waals surface area contributed by atoms with E-state index in [9.17, 15) is 9.59 Å². The number of carbonyl (C=O) groups is 2. The van der Waals surface area contributed by atoms with Crippen molar-refractivity contribution in [1.82, 2.24) is 14.4 Å². The molecule has 1 aromatic heterocycles. The number of amides is 2. The van der Waals surface area contributed by atoms with E-state index in [2.05, 4.69) is 29.7 Å². The third kappa shape index (κ3) is 8.38. The molecular formula is C28H41N3O2. The lowest BCUT2D eigenvalue weighted by atomic mass is 10.1. The van der Waals surface area contributed by atoms with Crippen LogP contribution in [0.1, 0.15) is 82.4 Å². The zero-order valence-electron chi connectivity index (χ0n) is 20.5. The predicted molar refractivity (Wildman–Crippen MR) is 133 cm³/mol. The lowest BCUT2D eigenvalue weighted by Crippen LogP contribution is -2.43. The minimum Gasteiger partial charge on any atom is -0.353 e. The molecule has 5 heteroatoms. The summed E-state index contributed by atoms with van der Waals surface area (Å²) in [6.45, 7) is 3.52. The van der Waals surface area contributed by atoms with Crippen molar-refractivity contribution in [3.63, 3.8) is 0 Å². The fourth-order valence-electron chi connectivity index (χ4n) is 4.32. The third-order valence-corrected chi connectivity index (χ3v) is 6.58. The van der Waals surface area contributed by atoms with Crippen LogP contribution in [0.25, 0.3) is 0 Å². The molecule has 0 spiro atoms. The molecule has 5 nitrogen and oxygen atoms in total. The molecular weight excluding hydrogens is 410 g/mol. The lowest BCUT2D eigenvalue weighted by molar-refractivity contribution is -0.141. The Morgan fingerprint density at radius 2 is 1.58 bits per heavy atom. The molecule has 2 amide bonds. The van der Waals surface area contributed by atoms with Crippen LogP contribution in [0, 0.1) is 0 Å². The van der Waals surface area contributed by atoms with Gasteiger partial charge in [-0.05, 0) is 37.0 Å². The minimum absolute atomic E-state index is 0.0277. The Balaban J connectivity index is 1.57. The SMILES string of the molecule is CCCCCCCCCC(=O)N(CC(=O)N(Cc1ccccc1)Cc1cccn1C)C1CC1. The zero-order chi connectivity index (χ0) is 23.5. The molecule has 0 radical (unpaired) electrons. The van der Waals surface area contributed by atoms with Crippen molar-refractivity contribution < 1.29 is 9.59 Å². The van der Waals surface area contributed by atoms with Crippen molar-refractivity contribution in [1.29, 1.82) is 0 Å². The highest BCUT2D eigenvalue weighted by atomic mass is 16.2. The Hall–Kier alpha value is -2.56. The van der Waals surface area contributed by atoms with Crippen molar-refractivity contribution in [2.45, 2.75) is 90.3 Å². The first-order valence-corrected chi connectivity index (χ1v) is 12.8. The Morgan fingerprint density at radius 1 is 0.879 bits per heavy atom. The van der Waals surface area contributed by atoms with Crippen molar-refractivity contribution in [2.75, 3.05) is 6.54 Å². The van der Waals surface area contributed by atoms with Crippen LogP contribution >= 0.6 is 0 Å². The van der Waals surface area contributed by atoms with Gasteiger partial charge < -0.3 is 14.4 Å². The summed E-state index contributed by atoms with van der Waals surface area (Å²) in [7, 11) is 2.00. The predicted octanol–water partition coefficient (Wildman–Crippen LogP) is 5.69.